The molecule has 0 aliphatic carbocycles. The number of carbonyl (C=O) groups is 1. The summed E-state index contributed by atoms with van der Waals surface area (Å²) in [5.74, 6) is 0.984. The molecule has 10 heteroatoms. The average molecular weight is 636 g/mol. The van der Waals surface area contributed by atoms with Crippen LogP contribution in [0.25, 0.3) is 11.8 Å². The second kappa shape index (κ2) is 11.9. The molecule has 0 N–H and O–H groups in total. The predicted molar refractivity (Wildman–Crippen MR) is 165 cm³/mol. The molecular weight excluding hydrogens is 604 g/mol. The maximum Gasteiger partial charge on any atom is 0.271 e. The topological polar surface area (TPSA) is 78.1 Å². The minimum Gasteiger partial charge on any atom is -0.497 e. The van der Waals surface area contributed by atoms with E-state index in [0.29, 0.717) is 50.8 Å². The van der Waals surface area contributed by atoms with E-state index in [1.54, 1.807) is 35.8 Å². The number of nitrogens with zero attached hydrogens (tertiary/aromatic N) is 4. The third kappa shape index (κ3) is 5.29. The van der Waals surface area contributed by atoms with E-state index in [0.717, 1.165) is 15.9 Å². The molecule has 2 aromatic heterocycles. The average Bonchev–Trinajstić information content (AvgIpc) is 3.56. The molecule has 8 nitrogen and oxygen atoms in total. The lowest BCUT2D eigenvalue weighted by Crippen LogP contribution is -2.43. The van der Waals surface area contributed by atoms with Gasteiger partial charge in [0.15, 0.2) is 4.80 Å². The maximum absolute atomic E-state index is 14.2. The summed E-state index contributed by atoms with van der Waals surface area (Å²) in [6.45, 7) is 6.77. The van der Waals surface area contributed by atoms with Crippen LogP contribution in [0.2, 0.25) is 0 Å². The molecule has 0 radical (unpaired) electrons. The molecule has 1 aliphatic rings. The van der Waals surface area contributed by atoms with E-state index in [1.807, 2.05) is 80.1 Å². The van der Waals surface area contributed by atoms with Crippen molar-refractivity contribution in [3.8, 4) is 17.2 Å². The lowest BCUT2D eigenvalue weighted by Gasteiger charge is -2.30. The summed E-state index contributed by atoms with van der Waals surface area (Å²) < 4.78 is 16.4. The second-order valence-corrected chi connectivity index (χ2v) is 11.4. The molecule has 0 fully saturated rings. The van der Waals surface area contributed by atoms with Gasteiger partial charge < -0.3 is 18.9 Å². The zero-order chi connectivity index (χ0) is 29.3. The highest BCUT2D eigenvalue weighted by Crippen LogP contribution is 2.38. The first-order chi connectivity index (χ1) is 19.8. The first-order valence-corrected chi connectivity index (χ1v) is 14.9. The third-order valence-corrected chi connectivity index (χ3v) is 8.71. The number of ether oxygens (including phenoxy) is 2. The number of halogens is 1. The third-order valence-electron chi connectivity index (χ3n) is 7.20. The number of rotatable bonds is 8. The molecule has 0 spiro atoms. The first-order valence-electron chi connectivity index (χ1n) is 13.3. The van der Waals surface area contributed by atoms with Crippen molar-refractivity contribution < 1.29 is 14.3 Å². The highest BCUT2D eigenvalue weighted by Gasteiger charge is 2.36. The van der Waals surface area contributed by atoms with Crippen LogP contribution in [0.1, 0.15) is 38.1 Å². The van der Waals surface area contributed by atoms with Gasteiger partial charge in [-0.2, -0.15) is 0 Å². The highest BCUT2D eigenvalue weighted by molar-refractivity contribution is 9.10. The van der Waals surface area contributed by atoms with Crippen molar-refractivity contribution in [2.45, 2.75) is 26.8 Å². The van der Waals surface area contributed by atoms with E-state index in [-0.39, 0.29) is 11.5 Å². The monoisotopic (exact) mass is 634 g/mol. The van der Waals surface area contributed by atoms with E-state index in [9.17, 15) is 9.59 Å². The number of amides is 1. The Hall–Kier alpha value is -3.89. The van der Waals surface area contributed by atoms with Crippen molar-refractivity contribution >= 4 is 39.2 Å². The number of aromatic nitrogens is 2. The summed E-state index contributed by atoms with van der Waals surface area (Å²) >= 11 is 4.79. The van der Waals surface area contributed by atoms with E-state index in [1.165, 1.54) is 11.3 Å². The standard InChI is InChI=1S/C31H31BrN4O4S/c1-6-34(7-2)30(38)27-19(3)33-31-36(28(27)24-18-23(39-4)14-15-25(24)40-5)29(37)26(41-31)17-22-9-8-16-35(22)21-12-10-20(32)11-13-21/h8-18,28H,6-7H2,1-5H3/b26-17+/t28-/m1/s1. The first kappa shape index (κ1) is 28.6. The summed E-state index contributed by atoms with van der Waals surface area (Å²) in [7, 11) is 3.16. The van der Waals surface area contributed by atoms with E-state index >= 15 is 0 Å². The zero-order valence-corrected chi connectivity index (χ0v) is 26.0. The number of fused-ring (bicyclic) bond motifs is 1. The summed E-state index contributed by atoms with van der Waals surface area (Å²) in [5.41, 5.74) is 3.26. The normalized spacial score (nSPS) is 15.0. The molecule has 212 valence electrons. The quantitative estimate of drug-likeness (QED) is 0.282. The Kier molecular flexibility index (Phi) is 8.32. The van der Waals surface area contributed by atoms with Gasteiger partial charge in [-0.3, -0.25) is 14.2 Å². The van der Waals surface area contributed by atoms with Gasteiger partial charge in [-0.15, -0.1) is 0 Å². The Balaban J connectivity index is 1.75. The van der Waals surface area contributed by atoms with E-state index in [2.05, 4.69) is 15.9 Å². The highest BCUT2D eigenvalue weighted by atomic mass is 79.9. The Bertz CT molecular complexity index is 1810. The van der Waals surface area contributed by atoms with Gasteiger partial charge in [-0.05, 0) is 81.4 Å². The van der Waals surface area contributed by atoms with Crippen molar-refractivity contribution in [1.82, 2.24) is 14.0 Å². The van der Waals surface area contributed by atoms with Gasteiger partial charge >= 0.3 is 0 Å². The van der Waals surface area contributed by atoms with Crippen molar-refractivity contribution in [2.24, 2.45) is 4.99 Å². The van der Waals surface area contributed by atoms with E-state index < -0.39 is 6.04 Å². The Morgan fingerprint density at radius 3 is 2.49 bits per heavy atom. The molecular formula is C31H31BrN4O4S. The van der Waals surface area contributed by atoms with Gasteiger partial charge in [0, 0.05) is 40.7 Å². The Morgan fingerprint density at radius 2 is 1.83 bits per heavy atom. The molecule has 5 rings (SSSR count). The van der Waals surface area contributed by atoms with Crippen molar-refractivity contribution in [2.75, 3.05) is 27.3 Å². The molecule has 0 saturated carbocycles. The van der Waals surface area contributed by atoms with Gasteiger partial charge in [-0.25, -0.2) is 4.99 Å². The van der Waals surface area contributed by atoms with Crippen molar-refractivity contribution in [1.29, 1.82) is 0 Å². The van der Waals surface area contributed by atoms with Gasteiger partial charge in [-0.1, -0.05) is 27.3 Å². The van der Waals surface area contributed by atoms with E-state index in [4.69, 9.17) is 14.5 Å². The molecule has 3 heterocycles. The number of benzene rings is 2. The second-order valence-electron chi connectivity index (χ2n) is 9.45. The fourth-order valence-electron chi connectivity index (χ4n) is 5.11. The molecule has 1 amide bonds. The van der Waals surface area contributed by atoms with Gasteiger partial charge in [0.1, 0.15) is 17.5 Å². The number of allylic oxidation sites excluding steroid dienone is 1. The number of hydrogen-bond acceptors (Lipinski definition) is 6. The summed E-state index contributed by atoms with van der Waals surface area (Å²) in [5, 5.41) is 0. The lowest BCUT2D eigenvalue weighted by molar-refractivity contribution is -0.127. The summed E-state index contributed by atoms with van der Waals surface area (Å²) in [4.78, 5) is 35.2. The number of carbonyl (C=O) groups excluding carboxylic acids is 1. The Labute approximate surface area is 250 Å². The number of methoxy groups -OCH3 is 2. The fourth-order valence-corrected chi connectivity index (χ4v) is 6.40. The van der Waals surface area contributed by atoms with Crippen LogP contribution in [0.5, 0.6) is 11.5 Å². The number of thiazole rings is 1. The molecule has 41 heavy (non-hydrogen) atoms. The summed E-state index contributed by atoms with van der Waals surface area (Å²) in [6, 6.07) is 16.5. The molecule has 1 aliphatic heterocycles. The minimum absolute atomic E-state index is 0.162. The lowest BCUT2D eigenvalue weighted by atomic mass is 9.93. The SMILES string of the molecule is CCN(CC)C(=O)C1=C(C)N=c2s/c(=C/c3cccn3-c3ccc(Br)cc3)c(=O)n2[C@@H]1c1cc(OC)ccc1OC. The minimum atomic E-state index is -0.746. The van der Waals surface area contributed by atoms with Crippen LogP contribution >= 0.6 is 27.3 Å². The molecule has 1 atom stereocenters. The van der Waals surface area contributed by atoms with Crippen LogP contribution in [0, 0.1) is 0 Å². The van der Waals surface area contributed by atoms with Crippen LogP contribution in [-0.4, -0.2) is 47.3 Å². The van der Waals surface area contributed by atoms with Crippen LogP contribution in [0.15, 0.2) is 86.3 Å². The molecule has 0 saturated heterocycles. The largest absolute Gasteiger partial charge is 0.497 e. The molecule has 0 bridgehead atoms. The predicted octanol–water partition coefficient (Wildman–Crippen LogP) is 4.67. The van der Waals surface area contributed by atoms with Crippen LogP contribution in [-0.2, 0) is 4.79 Å². The smallest absolute Gasteiger partial charge is 0.271 e. The number of hydrogen-bond donors (Lipinski definition) is 0. The van der Waals surface area contributed by atoms with Crippen LogP contribution in [0.4, 0.5) is 0 Å². The van der Waals surface area contributed by atoms with Gasteiger partial charge in [0.25, 0.3) is 11.5 Å². The maximum atomic E-state index is 14.2. The fraction of sp³-hybridized carbons (Fsp3) is 0.258. The Morgan fingerprint density at radius 1 is 1.10 bits per heavy atom. The van der Waals surface area contributed by atoms with Crippen LogP contribution < -0.4 is 24.4 Å². The molecule has 2 aromatic carbocycles. The zero-order valence-electron chi connectivity index (χ0n) is 23.6. The molecule has 0 unspecified atom stereocenters. The molecule has 4 aromatic rings. The van der Waals surface area contributed by atoms with Gasteiger partial charge in [0.2, 0.25) is 0 Å². The van der Waals surface area contributed by atoms with Crippen molar-refractivity contribution in [3.63, 3.8) is 0 Å². The number of likely N-dealkylation sites (N-methyl/N-ethyl adjacent to an activating group) is 1. The van der Waals surface area contributed by atoms with Crippen LogP contribution in [0.3, 0.4) is 0 Å². The summed E-state index contributed by atoms with van der Waals surface area (Å²) in [6.07, 6.45) is 3.83. The van der Waals surface area contributed by atoms with Crippen molar-refractivity contribution in [3.05, 3.63) is 107 Å². The van der Waals surface area contributed by atoms with Gasteiger partial charge in [0.05, 0.1) is 30.0 Å².